The first-order valence-electron chi connectivity index (χ1n) is 7.67. The molecule has 2 heterocycles. The molecule has 5 nitrogen and oxygen atoms in total. The van der Waals surface area contributed by atoms with Gasteiger partial charge in [-0.25, -0.2) is 9.97 Å². The minimum atomic E-state index is -0.215. The van der Waals surface area contributed by atoms with Crippen LogP contribution in [-0.2, 0) is 0 Å². The monoisotopic (exact) mass is 348 g/mol. The number of halogens is 1. The number of rotatable bonds is 3. The maximum atomic E-state index is 12.4. The number of nitrogens with one attached hydrogen (secondary N) is 1. The predicted octanol–water partition coefficient (Wildman–Crippen LogP) is 4.33. The van der Waals surface area contributed by atoms with E-state index in [-0.39, 0.29) is 5.91 Å². The molecule has 0 aliphatic rings. The summed E-state index contributed by atoms with van der Waals surface area (Å²) >= 11 is 6.07. The first-order chi connectivity index (χ1) is 12.2. The van der Waals surface area contributed by atoms with Crippen LogP contribution in [-0.4, -0.2) is 20.4 Å². The summed E-state index contributed by atoms with van der Waals surface area (Å²) in [7, 11) is 0. The second kappa shape index (κ2) is 6.37. The standard InChI is InChI=1S/C19H13ClN4O/c20-15-4-1-2-5-16(15)23-19(25)13-7-9-14(10-8-13)24-12-22-17-6-3-11-21-18(17)24/h1-12H,(H,23,25). The molecule has 0 saturated heterocycles. The Labute approximate surface area is 148 Å². The number of para-hydroxylation sites is 1. The van der Waals surface area contributed by atoms with E-state index in [1.165, 1.54) is 0 Å². The fourth-order valence-electron chi connectivity index (χ4n) is 2.57. The first kappa shape index (κ1) is 15.4. The molecule has 1 N–H and O–H groups in total. The van der Waals surface area contributed by atoms with Crippen molar-refractivity contribution in [2.24, 2.45) is 0 Å². The SMILES string of the molecule is O=C(Nc1ccccc1Cl)c1ccc(-n2cnc3cccnc32)cc1. The van der Waals surface area contributed by atoms with Crippen molar-refractivity contribution in [1.29, 1.82) is 0 Å². The van der Waals surface area contributed by atoms with Crippen molar-refractivity contribution in [1.82, 2.24) is 14.5 Å². The lowest BCUT2D eigenvalue weighted by molar-refractivity contribution is 0.102. The Hall–Kier alpha value is -3.18. The zero-order valence-electron chi connectivity index (χ0n) is 13.1. The Morgan fingerprint density at radius 3 is 2.56 bits per heavy atom. The quantitative estimate of drug-likeness (QED) is 0.599. The van der Waals surface area contributed by atoms with Crippen molar-refractivity contribution in [3.8, 4) is 5.69 Å². The van der Waals surface area contributed by atoms with Gasteiger partial charge in [0, 0.05) is 17.4 Å². The van der Waals surface area contributed by atoms with Crippen LogP contribution >= 0.6 is 11.6 Å². The van der Waals surface area contributed by atoms with Crippen molar-refractivity contribution in [2.75, 3.05) is 5.32 Å². The number of aromatic nitrogens is 3. The smallest absolute Gasteiger partial charge is 0.255 e. The molecular formula is C19H13ClN4O. The molecule has 0 aliphatic heterocycles. The minimum absolute atomic E-state index is 0.215. The number of hydrogen-bond acceptors (Lipinski definition) is 3. The van der Waals surface area contributed by atoms with Crippen LogP contribution in [0.1, 0.15) is 10.4 Å². The predicted molar refractivity (Wildman–Crippen MR) is 98.3 cm³/mol. The van der Waals surface area contributed by atoms with E-state index >= 15 is 0 Å². The Bertz CT molecular complexity index is 1060. The number of nitrogens with zero attached hydrogens (tertiary/aromatic N) is 3. The third kappa shape index (κ3) is 2.97. The third-order valence-electron chi connectivity index (χ3n) is 3.84. The highest BCUT2D eigenvalue weighted by molar-refractivity contribution is 6.33. The van der Waals surface area contributed by atoms with Crippen molar-refractivity contribution in [2.45, 2.75) is 0 Å². The van der Waals surface area contributed by atoms with Gasteiger partial charge in [0.05, 0.1) is 10.7 Å². The third-order valence-corrected chi connectivity index (χ3v) is 4.17. The number of anilines is 1. The van der Waals surface area contributed by atoms with E-state index in [1.54, 1.807) is 36.8 Å². The molecule has 25 heavy (non-hydrogen) atoms. The fourth-order valence-corrected chi connectivity index (χ4v) is 2.75. The fraction of sp³-hybridized carbons (Fsp3) is 0. The zero-order valence-corrected chi connectivity index (χ0v) is 13.8. The van der Waals surface area contributed by atoms with Gasteiger partial charge in [-0.2, -0.15) is 0 Å². The van der Waals surface area contributed by atoms with Crippen LogP contribution in [0.3, 0.4) is 0 Å². The molecule has 0 spiro atoms. The normalized spacial score (nSPS) is 10.8. The van der Waals surface area contributed by atoms with Crippen molar-refractivity contribution < 1.29 is 4.79 Å². The van der Waals surface area contributed by atoms with Gasteiger partial charge in [0.15, 0.2) is 5.65 Å². The van der Waals surface area contributed by atoms with E-state index in [0.717, 1.165) is 16.9 Å². The Morgan fingerprint density at radius 2 is 1.76 bits per heavy atom. The van der Waals surface area contributed by atoms with E-state index in [4.69, 9.17) is 11.6 Å². The topological polar surface area (TPSA) is 59.8 Å². The van der Waals surface area contributed by atoms with Gasteiger partial charge in [0.2, 0.25) is 0 Å². The summed E-state index contributed by atoms with van der Waals surface area (Å²) in [6.07, 6.45) is 3.45. The molecule has 2 aromatic carbocycles. The van der Waals surface area contributed by atoms with Gasteiger partial charge in [-0.05, 0) is 48.5 Å². The van der Waals surface area contributed by atoms with Crippen LogP contribution in [0.25, 0.3) is 16.9 Å². The van der Waals surface area contributed by atoms with Crippen LogP contribution in [0.5, 0.6) is 0 Å². The second-order valence-electron chi connectivity index (χ2n) is 5.44. The Kier molecular flexibility index (Phi) is 3.91. The lowest BCUT2D eigenvalue weighted by Gasteiger charge is -2.08. The van der Waals surface area contributed by atoms with Crippen molar-refractivity contribution in [3.63, 3.8) is 0 Å². The molecule has 0 fully saturated rings. The lowest BCUT2D eigenvalue weighted by Crippen LogP contribution is -2.12. The van der Waals surface area contributed by atoms with Gasteiger partial charge < -0.3 is 5.32 Å². The number of benzene rings is 2. The average molecular weight is 349 g/mol. The van der Waals surface area contributed by atoms with Gasteiger partial charge in [-0.1, -0.05) is 23.7 Å². The van der Waals surface area contributed by atoms with Gasteiger partial charge in [-0.15, -0.1) is 0 Å². The summed E-state index contributed by atoms with van der Waals surface area (Å²) in [4.78, 5) is 21.0. The van der Waals surface area contributed by atoms with E-state index < -0.39 is 0 Å². The van der Waals surface area contributed by atoms with E-state index in [0.29, 0.717) is 16.3 Å². The highest BCUT2D eigenvalue weighted by Crippen LogP contribution is 2.22. The largest absolute Gasteiger partial charge is 0.321 e. The highest BCUT2D eigenvalue weighted by atomic mass is 35.5. The molecule has 0 radical (unpaired) electrons. The van der Waals surface area contributed by atoms with Crippen LogP contribution in [0.15, 0.2) is 73.2 Å². The molecule has 0 aliphatic carbocycles. The maximum Gasteiger partial charge on any atom is 0.255 e. The van der Waals surface area contributed by atoms with E-state index in [1.807, 2.05) is 41.0 Å². The summed E-state index contributed by atoms with van der Waals surface area (Å²) in [5, 5.41) is 3.31. The van der Waals surface area contributed by atoms with Crippen LogP contribution in [0.2, 0.25) is 5.02 Å². The number of carbonyl (C=O) groups is 1. The molecule has 122 valence electrons. The first-order valence-corrected chi connectivity index (χ1v) is 8.04. The van der Waals surface area contributed by atoms with Crippen molar-refractivity contribution >= 4 is 34.4 Å². The molecule has 4 aromatic rings. The highest BCUT2D eigenvalue weighted by Gasteiger charge is 2.10. The number of pyridine rings is 1. The summed E-state index contributed by atoms with van der Waals surface area (Å²) < 4.78 is 1.88. The number of fused-ring (bicyclic) bond motifs is 1. The Morgan fingerprint density at radius 1 is 0.960 bits per heavy atom. The molecule has 0 atom stereocenters. The molecule has 6 heteroatoms. The van der Waals surface area contributed by atoms with E-state index in [2.05, 4.69) is 15.3 Å². The Balaban J connectivity index is 1.60. The number of hydrogen-bond donors (Lipinski definition) is 1. The summed E-state index contributed by atoms with van der Waals surface area (Å²) in [5.74, 6) is -0.215. The molecular weight excluding hydrogens is 336 g/mol. The van der Waals surface area contributed by atoms with Gasteiger partial charge >= 0.3 is 0 Å². The van der Waals surface area contributed by atoms with Crippen LogP contribution in [0, 0.1) is 0 Å². The second-order valence-corrected chi connectivity index (χ2v) is 5.85. The maximum absolute atomic E-state index is 12.4. The van der Waals surface area contributed by atoms with Crippen LogP contribution < -0.4 is 5.32 Å². The molecule has 2 aromatic heterocycles. The minimum Gasteiger partial charge on any atom is -0.321 e. The molecule has 4 rings (SSSR count). The summed E-state index contributed by atoms with van der Waals surface area (Å²) in [5.41, 5.74) is 3.61. The van der Waals surface area contributed by atoms with Crippen molar-refractivity contribution in [3.05, 3.63) is 83.8 Å². The van der Waals surface area contributed by atoms with Gasteiger partial charge in [0.1, 0.15) is 11.8 Å². The van der Waals surface area contributed by atoms with Gasteiger partial charge in [0.25, 0.3) is 5.91 Å². The molecule has 0 bridgehead atoms. The lowest BCUT2D eigenvalue weighted by atomic mass is 10.2. The number of amides is 1. The average Bonchev–Trinajstić information content (AvgIpc) is 3.08. The number of carbonyl (C=O) groups excluding carboxylic acids is 1. The summed E-state index contributed by atoms with van der Waals surface area (Å²) in [6.45, 7) is 0. The molecule has 0 unspecified atom stereocenters. The summed E-state index contributed by atoms with van der Waals surface area (Å²) in [6, 6.07) is 18.1. The van der Waals surface area contributed by atoms with Crippen LogP contribution in [0.4, 0.5) is 5.69 Å². The molecule has 1 amide bonds. The van der Waals surface area contributed by atoms with E-state index in [9.17, 15) is 4.79 Å². The molecule has 0 saturated carbocycles. The number of imidazole rings is 1. The van der Waals surface area contributed by atoms with Gasteiger partial charge in [-0.3, -0.25) is 9.36 Å². The zero-order chi connectivity index (χ0) is 17.2.